The van der Waals surface area contributed by atoms with Crippen LogP contribution >= 0.6 is 0 Å². The van der Waals surface area contributed by atoms with Crippen molar-refractivity contribution in [1.29, 1.82) is 0 Å². The Bertz CT molecular complexity index is 1150. The van der Waals surface area contributed by atoms with E-state index in [-0.39, 0.29) is 23.7 Å². The van der Waals surface area contributed by atoms with Crippen LogP contribution in [0.2, 0.25) is 0 Å². The number of rotatable bonds is 6. The van der Waals surface area contributed by atoms with E-state index in [1.165, 1.54) is 11.6 Å². The largest absolute Gasteiger partial charge is 0.497 e. The summed E-state index contributed by atoms with van der Waals surface area (Å²) >= 11 is 0. The Morgan fingerprint density at radius 1 is 1.03 bits per heavy atom. The molecule has 34 heavy (non-hydrogen) atoms. The van der Waals surface area contributed by atoms with Crippen LogP contribution in [0.4, 0.5) is 15.8 Å². The SMILES string of the molecule is COc1ccc2c(c1)N1CCN(c3ccccc3F)C[C@@H]1[C@@H](C(=O)NCCc1ccccc1)C2. The number of para-hydroxylation sites is 1. The lowest BCUT2D eigenvalue weighted by Gasteiger charge is -2.49. The van der Waals surface area contributed by atoms with E-state index >= 15 is 0 Å². The Balaban J connectivity index is 1.38. The number of hydrogen-bond donors (Lipinski definition) is 1. The summed E-state index contributed by atoms with van der Waals surface area (Å²) in [5.41, 5.74) is 4.07. The van der Waals surface area contributed by atoms with Gasteiger partial charge in [0.05, 0.1) is 24.8 Å². The summed E-state index contributed by atoms with van der Waals surface area (Å²) in [5.74, 6) is 0.423. The minimum absolute atomic E-state index is 0.0512. The van der Waals surface area contributed by atoms with Crippen LogP contribution in [0.1, 0.15) is 11.1 Å². The lowest BCUT2D eigenvalue weighted by atomic mass is 9.83. The molecule has 2 atom stereocenters. The van der Waals surface area contributed by atoms with Crippen LogP contribution in [0.15, 0.2) is 72.8 Å². The van der Waals surface area contributed by atoms with Crippen molar-refractivity contribution in [2.45, 2.75) is 18.9 Å². The fraction of sp³-hybridized carbons (Fsp3) is 0.321. The second-order valence-electron chi connectivity index (χ2n) is 8.99. The van der Waals surface area contributed by atoms with Crippen molar-refractivity contribution in [2.24, 2.45) is 5.92 Å². The molecule has 2 heterocycles. The number of benzene rings is 3. The Hall–Kier alpha value is -3.54. The highest BCUT2D eigenvalue weighted by Crippen LogP contribution is 2.39. The van der Waals surface area contributed by atoms with E-state index in [0.717, 1.165) is 23.4 Å². The van der Waals surface area contributed by atoms with Gasteiger partial charge >= 0.3 is 0 Å². The maximum absolute atomic E-state index is 14.6. The number of halogens is 1. The average molecular weight is 460 g/mol. The van der Waals surface area contributed by atoms with E-state index in [1.807, 2.05) is 36.4 Å². The van der Waals surface area contributed by atoms with Gasteiger partial charge in [-0.3, -0.25) is 4.79 Å². The highest BCUT2D eigenvalue weighted by atomic mass is 19.1. The van der Waals surface area contributed by atoms with Crippen LogP contribution < -0.4 is 19.9 Å². The first-order valence-corrected chi connectivity index (χ1v) is 11.9. The molecule has 3 aromatic rings. The summed E-state index contributed by atoms with van der Waals surface area (Å²) in [7, 11) is 1.67. The minimum atomic E-state index is -0.224. The lowest BCUT2D eigenvalue weighted by Crippen LogP contribution is -2.61. The van der Waals surface area contributed by atoms with Crippen LogP contribution in [0.3, 0.4) is 0 Å². The molecular formula is C28H30FN3O2. The fourth-order valence-electron chi connectivity index (χ4n) is 5.24. The smallest absolute Gasteiger partial charge is 0.225 e. The van der Waals surface area contributed by atoms with Crippen molar-refractivity contribution >= 4 is 17.3 Å². The molecule has 1 N–H and O–H groups in total. The van der Waals surface area contributed by atoms with Crippen molar-refractivity contribution < 1.29 is 13.9 Å². The maximum Gasteiger partial charge on any atom is 0.225 e. The van der Waals surface area contributed by atoms with Crippen LogP contribution in [-0.2, 0) is 17.6 Å². The number of nitrogens with one attached hydrogen (secondary N) is 1. The third-order valence-electron chi connectivity index (χ3n) is 7.01. The molecular weight excluding hydrogens is 429 g/mol. The normalized spacial score (nSPS) is 19.2. The molecule has 3 aromatic carbocycles. The molecule has 0 aromatic heterocycles. The van der Waals surface area contributed by atoms with Gasteiger partial charge in [0.25, 0.3) is 0 Å². The maximum atomic E-state index is 14.6. The molecule has 0 radical (unpaired) electrons. The standard InChI is InChI=1S/C28H30FN3O2/c1-34-22-12-11-21-17-23(28(33)30-14-13-20-7-3-2-4-8-20)27-19-31(15-16-32(27)26(21)18-22)25-10-6-5-9-24(25)29/h2-12,18,23,27H,13-17,19H2,1H3,(H,30,33)/t23-,27+/m0/s1. The number of ether oxygens (including phenoxy) is 1. The van der Waals surface area contributed by atoms with Crippen LogP contribution in [-0.4, -0.2) is 45.2 Å². The molecule has 6 heteroatoms. The summed E-state index contributed by atoms with van der Waals surface area (Å²) in [6.07, 6.45) is 1.45. The second kappa shape index (κ2) is 9.75. The van der Waals surface area contributed by atoms with E-state index in [2.05, 4.69) is 39.4 Å². The average Bonchev–Trinajstić information content (AvgIpc) is 2.88. The Morgan fingerprint density at radius 3 is 2.62 bits per heavy atom. The summed E-state index contributed by atoms with van der Waals surface area (Å²) in [4.78, 5) is 17.8. The molecule has 0 unspecified atom stereocenters. The number of fused-ring (bicyclic) bond motifs is 3. The molecule has 5 nitrogen and oxygen atoms in total. The monoisotopic (exact) mass is 459 g/mol. The van der Waals surface area contributed by atoms with E-state index in [0.29, 0.717) is 38.3 Å². The third-order valence-corrected chi connectivity index (χ3v) is 7.01. The van der Waals surface area contributed by atoms with Gasteiger partial charge in [0.1, 0.15) is 11.6 Å². The summed E-state index contributed by atoms with van der Waals surface area (Å²) in [6, 6.07) is 23.1. The molecule has 176 valence electrons. The van der Waals surface area contributed by atoms with Gasteiger partial charge in [-0.25, -0.2) is 4.39 Å². The predicted molar refractivity (Wildman–Crippen MR) is 133 cm³/mol. The van der Waals surface area contributed by atoms with Crippen LogP contribution in [0, 0.1) is 11.7 Å². The topological polar surface area (TPSA) is 44.8 Å². The number of nitrogens with zero attached hydrogens (tertiary/aromatic N) is 2. The Kier molecular flexibility index (Phi) is 6.39. The molecule has 0 spiro atoms. The van der Waals surface area contributed by atoms with E-state index < -0.39 is 0 Å². The van der Waals surface area contributed by atoms with E-state index in [9.17, 15) is 9.18 Å². The molecule has 1 amide bonds. The zero-order valence-corrected chi connectivity index (χ0v) is 19.4. The van der Waals surface area contributed by atoms with Crippen molar-refractivity contribution in [2.75, 3.05) is 43.1 Å². The number of anilines is 2. The predicted octanol–water partition coefficient (Wildman–Crippen LogP) is 4.06. The minimum Gasteiger partial charge on any atom is -0.497 e. The molecule has 0 aliphatic carbocycles. The number of hydrogen-bond acceptors (Lipinski definition) is 4. The number of amides is 1. The van der Waals surface area contributed by atoms with Gasteiger partial charge in [0.2, 0.25) is 5.91 Å². The fourth-order valence-corrected chi connectivity index (χ4v) is 5.24. The molecule has 5 rings (SSSR count). The number of carbonyl (C=O) groups excluding carboxylic acids is 1. The zero-order chi connectivity index (χ0) is 23.5. The van der Waals surface area contributed by atoms with Gasteiger partial charge < -0.3 is 19.9 Å². The number of piperazine rings is 1. The first kappa shape index (κ1) is 22.3. The first-order valence-electron chi connectivity index (χ1n) is 11.9. The summed E-state index contributed by atoms with van der Waals surface area (Å²) in [6.45, 7) is 2.59. The van der Waals surface area contributed by atoms with Gasteiger partial charge in [-0.15, -0.1) is 0 Å². The van der Waals surface area contributed by atoms with E-state index in [4.69, 9.17) is 4.74 Å². The summed E-state index contributed by atoms with van der Waals surface area (Å²) < 4.78 is 20.0. The van der Waals surface area contributed by atoms with Gasteiger partial charge in [0, 0.05) is 37.9 Å². The Labute approximate surface area is 200 Å². The van der Waals surface area contributed by atoms with Crippen molar-refractivity contribution in [3.63, 3.8) is 0 Å². The number of carbonyl (C=O) groups is 1. The summed E-state index contributed by atoms with van der Waals surface area (Å²) in [5, 5.41) is 3.17. The van der Waals surface area contributed by atoms with Crippen LogP contribution in [0.25, 0.3) is 0 Å². The number of methoxy groups -OCH3 is 1. The van der Waals surface area contributed by atoms with Crippen molar-refractivity contribution in [1.82, 2.24) is 5.32 Å². The van der Waals surface area contributed by atoms with Gasteiger partial charge in [0.15, 0.2) is 0 Å². The van der Waals surface area contributed by atoms with Crippen LogP contribution in [0.5, 0.6) is 5.75 Å². The Morgan fingerprint density at radius 2 is 1.82 bits per heavy atom. The molecule has 2 aliphatic heterocycles. The van der Waals surface area contributed by atoms with E-state index in [1.54, 1.807) is 13.2 Å². The quantitative estimate of drug-likeness (QED) is 0.604. The molecule has 0 bridgehead atoms. The first-order chi connectivity index (χ1) is 16.6. The third kappa shape index (κ3) is 4.45. The van der Waals surface area contributed by atoms with Crippen molar-refractivity contribution in [3.05, 3.63) is 89.7 Å². The highest BCUT2D eigenvalue weighted by molar-refractivity contribution is 5.82. The van der Waals surface area contributed by atoms with Gasteiger partial charge in [-0.2, -0.15) is 0 Å². The van der Waals surface area contributed by atoms with Gasteiger partial charge in [-0.05, 0) is 42.2 Å². The zero-order valence-electron chi connectivity index (χ0n) is 19.4. The van der Waals surface area contributed by atoms with Gasteiger partial charge in [-0.1, -0.05) is 48.5 Å². The molecule has 0 saturated carbocycles. The molecule has 2 aliphatic rings. The van der Waals surface area contributed by atoms with Crippen molar-refractivity contribution in [3.8, 4) is 5.75 Å². The highest BCUT2D eigenvalue weighted by Gasteiger charge is 2.42. The molecule has 1 saturated heterocycles. The lowest BCUT2D eigenvalue weighted by molar-refractivity contribution is -0.125. The molecule has 1 fully saturated rings. The second-order valence-corrected chi connectivity index (χ2v) is 8.99.